The van der Waals surface area contributed by atoms with E-state index in [0.29, 0.717) is 11.1 Å². The topological polar surface area (TPSA) is 16.4 Å². The first-order chi connectivity index (χ1) is 32.9. The summed E-state index contributed by atoms with van der Waals surface area (Å²) in [5.74, 6) is 0. The van der Waals surface area contributed by atoms with Crippen molar-refractivity contribution < 1.29 is 9.90 Å². The molecule has 2 aliphatic rings. The van der Waals surface area contributed by atoms with Crippen LogP contribution in [0, 0.1) is 0 Å². The zero-order valence-electron chi connectivity index (χ0n) is 37.9. The largest absolute Gasteiger partial charge is 0.456 e. The van der Waals surface area contributed by atoms with Crippen molar-refractivity contribution in [1.29, 1.82) is 0 Å². The van der Waals surface area contributed by atoms with Gasteiger partial charge in [0, 0.05) is 27.8 Å². The Morgan fingerprint density at radius 3 is 1.43 bits per heavy atom. The molecule has 0 unspecified atom stereocenters. The molecule has 0 fully saturated rings. The maximum Gasteiger partial charge on any atom is 0.135 e. The first-order valence-electron chi connectivity index (χ1n) is 23.5. The van der Waals surface area contributed by atoms with E-state index in [9.17, 15) is 5.48 Å². The van der Waals surface area contributed by atoms with Crippen molar-refractivity contribution in [2.75, 3.05) is 4.90 Å². The van der Waals surface area contributed by atoms with E-state index in [1.54, 1.807) is 0 Å². The van der Waals surface area contributed by atoms with Gasteiger partial charge in [-0.2, -0.15) is 0 Å². The van der Waals surface area contributed by atoms with Gasteiger partial charge < -0.3 is 9.32 Å². The van der Waals surface area contributed by atoms with Gasteiger partial charge in [0.05, 0.1) is 10.9 Å². The summed E-state index contributed by atoms with van der Waals surface area (Å²) in [4.78, 5) is 1.96. The average molecular weight is 804 g/mol. The standard InChI is InChI=1S/C61H37NO/c1-2-15-45-43(13-1)44-14-3-4-16-46(44)53-36-41(30-32-47(45)53)62(40-28-25-38(26-29-40)39-27-34-60-54(35-39)52-20-8-12-24-59(52)63-60)42-31-33-51-50-19-7-11-23-57(50)61(58(51)37-42)55-21-9-5-17-48(55)49-18-6-10-22-56(49)61/h1-37H/i25D,26D,28D,29D. The van der Waals surface area contributed by atoms with Crippen molar-refractivity contribution in [2.45, 2.75) is 5.41 Å². The maximum absolute atomic E-state index is 9.98. The van der Waals surface area contributed by atoms with Crippen LogP contribution in [-0.2, 0) is 5.41 Å². The molecule has 1 spiro atoms. The fraction of sp³-hybridized carbons (Fsp3) is 0.0164. The number of para-hydroxylation sites is 1. The van der Waals surface area contributed by atoms with Crippen LogP contribution in [0.1, 0.15) is 27.7 Å². The van der Waals surface area contributed by atoms with Gasteiger partial charge in [-0.1, -0.05) is 170 Å². The summed E-state index contributed by atoms with van der Waals surface area (Å²) in [5, 5.41) is 8.46. The minimum absolute atomic E-state index is 0.117. The molecular formula is C61H37NO. The van der Waals surface area contributed by atoms with E-state index in [4.69, 9.17) is 4.42 Å². The van der Waals surface area contributed by atoms with Crippen LogP contribution in [0.4, 0.5) is 17.1 Å². The van der Waals surface area contributed by atoms with E-state index >= 15 is 0 Å². The molecule has 0 atom stereocenters. The molecule has 0 bridgehead atoms. The molecule has 292 valence electrons. The third-order valence-corrected chi connectivity index (χ3v) is 13.7. The summed E-state index contributed by atoms with van der Waals surface area (Å²) >= 11 is 0. The van der Waals surface area contributed by atoms with Gasteiger partial charge in [-0.05, 0) is 143 Å². The van der Waals surface area contributed by atoms with E-state index in [0.717, 1.165) is 65.8 Å². The summed E-state index contributed by atoms with van der Waals surface area (Å²) in [5.41, 5.74) is 12.7. The van der Waals surface area contributed by atoms with Crippen LogP contribution in [0.5, 0.6) is 0 Å². The number of hydrogen-bond acceptors (Lipinski definition) is 2. The van der Waals surface area contributed by atoms with Crippen LogP contribution >= 0.6 is 0 Å². The normalized spacial score (nSPS) is 14.1. The number of fused-ring (bicyclic) bond motifs is 19. The van der Waals surface area contributed by atoms with Gasteiger partial charge in [-0.25, -0.2) is 0 Å². The van der Waals surface area contributed by atoms with Gasteiger partial charge in [0.1, 0.15) is 11.2 Å². The number of nitrogens with zero attached hydrogens (tertiary/aromatic N) is 1. The van der Waals surface area contributed by atoms with Gasteiger partial charge in [-0.15, -0.1) is 0 Å². The number of furan rings is 1. The third-order valence-electron chi connectivity index (χ3n) is 13.7. The predicted molar refractivity (Wildman–Crippen MR) is 263 cm³/mol. The molecule has 2 aliphatic carbocycles. The highest BCUT2D eigenvalue weighted by atomic mass is 16.3. The summed E-state index contributed by atoms with van der Waals surface area (Å²) < 4.78 is 45.6. The molecule has 63 heavy (non-hydrogen) atoms. The molecule has 0 N–H and O–H groups in total. The Kier molecular flexibility index (Phi) is 6.30. The van der Waals surface area contributed by atoms with Crippen LogP contribution in [0.15, 0.2) is 229 Å². The first kappa shape index (κ1) is 30.8. The minimum atomic E-state index is -0.631. The smallest absolute Gasteiger partial charge is 0.135 e. The molecular weight excluding hydrogens is 763 g/mol. The van der Waals surface area contributed by atoms with E-state index in [2.05, 4.69) is 158 Å². The summed E-state index contributed by atoms with van der Waals surface area (Å²) in [6.07, 6.45) is 0. The average Bonchev–Trinajstić information content (AvgIpc) is 4.01. The van der Waals surface area contributed by atoms with Gasteiger partial charge in [0.25, 0.3) is 0 Å². The number of hydrogen-bond donors (Lipinski definition) is 0. The van der Waals surface area contributed by atoms with Crippen LogP contribution in [0.25, 0.3) is 87.6 Å². The number of rotatable bonds is 4. The second kappa shape index (κ2) is 12.9. The molecule has 0 amide bonds. The van der Waals surface area contributed by atoms with Crippen molar-refractivity contribution in [3.05, 3.63) is 247 Å². The van der Waals surface area contributed by atoms with E-state index in [1.807, 2.05) is 47.4 Å². The summed E-state index contributed by atoms with van der Waals surface area (Å²) in [6.45, 7) is 0. The second-order valence-corrected chi connectivity index (χ2v) is 16.8. The lowest BCUT2D eigenvalue weighted by Gasteiger charge is -2.32. The highest BCUT2D eigenvalue weighted by Crippen LogP contribution is 2.63. The quantitative estimate of drug-likeness (QED) is 0.165. The Morgan fingerprint density at radius 1 is 0.317 bits per heavy atom. The maximum atomic E-state index is 9.98. The number of anilines is 3. The Bertz CT molecular complexity index is 4000. The molecule has 11 aromatic carbocycles. The SMILES string of the molecule is [2H]c1c([2H])c(N(c2ccc3c(c2)C2(c4ccccc4-c4ccccc42)c2ccccc2-3)c2ccc3c4ccccc4c4ccccc4c3c2)c([2H])c([2H])c1-c1ccc2oc3ccccc3c2c1. The predicted octanol–water partition coefficient (Wildman–Crippen LogP) is 16.5. The fourth-order valence-electron chi connectivity index (χ4n) is 11.1. The molecule has 2 heteroatoms. The van der Waals surface area contributed by atoms with Crippen LogP contribution in [0.3, 0.4) is 0 Å². The van der Waals surface area contributed by atoms with E-state index < -0.39 is 5.41 Å². The van der Waals surface area contributed by atoms with Gasteiger partial charge >= 0.3 is 0 Å². The zero-order valence-corrected chi connectivity index (χ0v) is 33.9. The first-order valence-corrected chi connectivity index (χ1v) is 21.5. The summed E-state index contributed by atoms with van der Waals surface area (Å²) in [6, 6.07) is 69.0. The zero-order chi connectivity index (χ0) is 44.7. The Balaban J connectivity index is 1.06. The molecule has 0 saturated heterocycles. The van der Waals surface area contributed by atoms with Crippen molar-refractivity contribution in [3.63, 3.8) is 0 Å². The van der Waals surface area contributed by atoms with Crippen molar-refractivity contribution in [2.24, 2.45) is 0 Å². The molecule has 0 radical (unpaired) electrons. The second-order valence-electron chi connectivity index (χ2n) is 16.8. The van der Waals surface area contributed by atoms with Crippen molar-refractivity contribution >= 4 is 71.3 Å². The third kappa shape index (κ3) is 4.72. The molecule has 1 heterocycles. The lowest BCUT2D eigenvalue weighted by atomic mass is 9.70. The van der Waals surface area contributed by atoms with Crippen molar-refractivity contribution in [3.8, 4) is 33.4 Å². The van der Waals surface area contributed by atoms with E-state index in [-0.39, 0.29) is 35.4 Å². The lowest BCUT2D eigenvalue weighted by Crippen LogP contribution is -2.26. The Hall–Kier alpha value is -8.20. The Morgan fingerprint density at radius 2 is 0.794 bits per heavy atom. The molecule has 0 saturated carbocycles. The molecule has 0 aliphatic heterocycles. The van der Waals surface area contributed by atoms with Crippen LogP contribution in [0.2, 0.25) is 0 Å². The van der Waals surface area contributed by atoms with E-state index in [1.165, 1.54) is 38.8 Å². The lowest BCUT2D eigenvalue weighted by molar-refractivity contribution is 0.669. The van der Waals surface area contributed by atoms with Crippen molar-refractivity contribution in [1.82, 2.24) is 0 Å². The molecule has 1 aromatic heterocycles. The van der Waals surface area contributed by atoms with Gasteiger partial charge in [-0.3, -0.25) is 0 Å². The van der Waals surface area contributed by atoms with Crippen LogP contribution < -0.4 is 4.90 Å². The highest BCUT2D eigenvalue weighted by molar-refractivity contribution is 6.26. The summed E-state index contributed by atoms with van der Waals surface area (Å²) in [7, 11) is 0. The number of benzene rings is 11. The monoisotopic (exact) mass is 803 g/mol. The Labute approximate surface area is 370 Å². The van der Waals surface area contributed by atoms with Gasteiger partial charge in [0.2, 0.25) is 0 Å². The van der Waals surface area contributed by atoms with Crippen LogP contribution in [-0.4, -0.2) is 0 Å². The highest BCUT2D eigenvalue weighted by Gasteiger charge is 2.51. The van der Waals surface area contributed by atoms with Gasteiger partial charge in [0.15, 0.2) is 0 Å². The molecule has 2 nitrogen and oxygen atoms in total. The molecule has 12 aromatic rings. The minimum Gasteiger partial charge on any atom is -0.456 e. The fourth-order valence-corrected chi connectivity index (χ4v) is 11.1. The molecule has 14 rings (SSSR count).